The summed E-state index contributed by atoms with van der Waals surface area (Å²) in [6.07, 6.45) is 5.61. The number of aromatic nitrogens is 5. The van der Waals surface area contributed by atoms with Crippen LogP contribution in [0.4, 0.5) is 5.13 Å². The van der Waals surface area contributed by atoms with Crippen LogP contribution >= 0.6 is 22.9 Å². The topological polar surface area (TPSA) is 106 Å². The number of piperidine rings is 1. The lowest BCUT2D eigenvalue weighted by molar-refractivity contribution is -0.138. The maximum atomic E-state index is 10.9. The molecule has 0 radical (unpaired) electrons. The predicted octanol–water partition coefficient (Wildman–Crippen LogP) is 4.71. The van der Waals surface area contributed by atoms with Gasteiger partial charge in [-0.05, 0) is 53.1 Å². The van der Waals surface area contributed by atoms with Gasteiger partial charge in [0.05, 0.1) is 11.1 Å². The van der Waals surface area contributed by atoms with E-state index >= 15 is 0 Å². The molecule has 2 aliphatic heterocycles. The van der Waals surface area contributed by atoms with Crippen LogP contribution in [0.2, 0.25) is 5.02 Å². The summed E-state index contributed by atoms with van der Waals surface area (Å²) in [6, 6.07) is 14.2. The van der Waals surface area contributed by atoms with Gasteiger partial charge in [-0.1, -0.05) is 47.2 Å². The highest BCUT2D eigenvalue weighted by atomic mass is 35.5. The molecule has 4 heterocycles. The van der Waals surface area contributed by atoms with Gasteiger partial charge in [-0.15, -0.1) is 10.2 Å². The molecule has 1 saturated heterocycles. The molecule has 4 aromatic rings. The van der Waals surface area contributed by atoms with Crippen molar-refractivity contribution in [1.29, 1.82) is 0 Å². The van der Waals surface area contributed by atoms with Crippen LogP contribution in [0.3, 0.4) is 0 Å². The first-order valence-corrected chi connectivity index (χ1v) is 13.1. The number of anilines is 1. The number of para-hydroxylation sites is 1. The van der Waals surface area contributed by atoms with E-state index in [1.54, 1.807) is 6.20 Å². The number of rotatable bonds is 5. The minimum Gasteiger partial charge on any atom is -0.482 e. The summed E-state index contributed by atoms with van der Waals surface area (Å²) in [4.78, 5) is 19.5. The number of tetrazole rings is 1. The number of benzene rings is 2. The number of halogens is 1. The fraction of sp³-hybridized carbons (Fsp3) is 0.269. The maximum absolute atomic E-state index is 10.9. The van der Waals surface area contributed by atoms with Crippen LogP contribution in [0.15, 0.2) is 54.7 Å². The van der Waals surface area contributed by atoms with Gasteiger partial charge >= 0.3 is 5.97 Å². The number of hydrogen-bond donors (Lipinski definition) is 1. The predicted molar refractivity (Wildman–Crippen MR) is 141 cm³/mol. The molecular weight excluding hydrogens is 512 g/mol. The van der Waals surface area contributed by atoms with Gasteiger partial charge in [0.2, 0.25) is 5.82 Å². The third-order valence-corrected chi connectivity index (χ3v) is 7.99. The van der Waals surface area contributed by atoms with Crippen molar-refractivity contribution < 1.29 is 14.6 Å². The summed E-state index contributed by atoms with van der Waals surface area (Å²) in [5.41, 5.74) is 4.15. The third kappa shape index (κ3) is 4.58. The summed E-state index contributed by atoms with van der Waals surface area (Å²) in [6.45, 7) is 3.31. The first-order chi connectivity index (χ1) is 17.9. The monoisotopic (exact) mass is 534 g/mol. The number of fused-ring (bicyclic) bond motifs is 1. The quantitative estimate of drug-likeness (QED) is 0.392. The summed E-state index contributed by atoms with van der Waals surface area (Å²) in [5, 5.41) is 22.4. The molecule has 2 aromatic carbocycles. The molecule has 0 aliphatic carbocycles. The molecule has 37 heavy (non-hydrogen) atoms. The van der Waals surface area contributed by atoms with Crippen molar-refractivity contribution in [1.82, 2.24) is 25.2 Å². The Morgan fingerprint density at radius 1 is 1.19 bits per heavy atom. The number of carbonyl (C=O) groups is 1. The van der Waals surface area contributed by atoms with Crippen molar-refractivity contribution in [3.8, 4) is 16.5 Å². The molecule has 0 amide bonds. The number of aryl methyl sites for hydroxylation is 1. The van der Waals surface area contributed by atoms with E-state index in [0.29, 0.717) is 5.82 Å². The number of nitrogens with zero attached hydrogens (tertiary/aromatic N) is 6. The van der Waals surface area contributed by atoms with Crippen molar-refractivity contribution in [2.45, 2.75) is 31.9 Å². The van der Waals surface area contributed by atoms with Gasteiger partial charge in [0, 0.05) is 36.5 Å². The van der Waals surface area contributed by atoms with Gasteiger partial charge in [-0.2, -0.15) is 4.80 Å². The highest BCUT2D eigenvalue weighted by Crippen LogP contribution is 2.44. The average Bonchev–Trinajstić information content (AvgIpc) is 3.54. The minimum absolute atomic E-state index is 0.332. The smallest absolute Gasteiger partial charge is 0.327 e. The fourth-order valence-electron chi connectivity index (χ4n) is 4.89. The van der Waals surface area contributed by atoms with Crippen LogP contribution in [0.5, 0.6) is 5.75 Å². The lowest BCUT2D eigenvalue weighted by atomic mass is 9.82. The second-order valence-electron chi connectivity index (χ2n) is 9.21. The zero-order valence-electron chi connectivity index (χ0n) is 20.0. The summed E-state index contributed by atoms with van der Waals surface area (Å²) < 4.78 is 6.64. The molecule has 6 rings (SSSR count). The Balaban J connectivity index is 1.24. The van der Waals surface area contributed by atoms with E-state index < -0.39 is 11.6 Å². The van der Waals surface area contributed by atoms with E-state index in [0.717, 1.165) is 68.2 Å². The van der Waals surface area contributed by atoms with Gasteiger partial charge < -0.3 is 14.7 Å². The standard InChI is InChI=1S/C26H23ClN6O3S/c1-16-12-17(27)6-7-18(16)20-13-26(36-21-5-3-2-4-19(20)21)8-10-32(11-9-26)25-28-14-22(37-25)24-29-31-33(30-24)15-23(34)35/h2-7,12-14H,8-11,15H2,1H3,(H,34,35). The summed E-state index contributed by atoms with van der Waals surface area (Å²) >= 11 is 7.71. The highest BCUT2D eigenvalue weighted by Gasteiger charge is 2.39. The number of hydrogen-bond acceptors (Lipinski definition) is 8. The molecule has 2 aromatic heterocycles. The van der Waals surface area contributed by atoms with Crippen molar-refractivity contribution in [2.75, 3.05) is 18.0 Å². The molecule has 0 bridgehead atoms. The minimum atomic E-state index is -1.02. The SMILES string of the molecule is Cc1cc(Cl)ccc1C1=CC2(CCN(c3ncc(-c4nnn(CC(=O)O)n4)s3)CC2)Oc2ccccc21. The fourth-order valence-corrected chi connectivity index (χ4v) is 6.01. The van der Waals surface area contributed by atoms with Gasteiger partial charge in [-0.25, -0.2) is 4.98 Å². The second kappa shape index (κ2) is 9.28. The highest BCUT2D eigenvalue weighted by molar-refractivity contribution is 7.18. The molecule has 0 atom stereocenters. The molecular formula is C26H23ClN6O3S. The van der Waals surface area contributed by atoms with Crippen LogP contribution in [0.1, 0.15) is 29.5 Å². The van der Waals surface area contributed by atoms with Crippen molar-refractivity contribution in [3.05, 3.63) is 76.5 Å². The van der Waals surface area contributed by atoms with E-state index in [4.69, 9.17) is 21.4 Å². The molecule has 1 fully saturated rings. The molecule has 0 saturated carbocycles. The number of aliphatic carboxylic acids is 1. The van der Waals surface area contributed by atoms with Crippen LogP contribution in [0.25, 0.3) is 16.3 Å². The first kappa shape index (κ1) is 23.6. The molecule has 9 nitrogen and oxygen atoms in total. The Kier molecular flexibility index (Phi) is 5.92. The molecule has 11 heteroatoms. The molecule has 0 unspecified atom stereocenters. The van der Waals surface area contributed by atoms with E-state index in [9.17, 15) is 4.79 Å². The maximum Gasteiger partial charge on any atom is 0.327 e. The largest absolute Gasteiger partial charge is 0.482 e. The molecule has 1 spiro atoms. The molecule has 188 valence electrons. The number of thiazole rings is 1. The summed E-state index contributed by atoms with van der Waals surface area (Å²) in [7, 11) is 0. The molecule has 2 aliphatic rings. The van der Waals surface area contributed by atoms with E-state index in [1.165, 1.54) is 16.9 Å². The van der Waals surface area contributed by atoms with Crippen LogP contribution in [-0.4, -0.2) is 55.0 Å². The summed E-state index contributed by atoms with van der Waals surface area (Å²) in [5.74, 6) is 0.249. The first-order valence-electron chi connectivity index (χ1n) is 11.9. The van der Waals surface area contributed by atoms with Crippen molar-refractivity contribution in [2.24, 2.45) is 0 Å². The number of ether oxygens (including phenoxy) is 1. The van der Waals surface area contributed by atoms with Gasteiger partial charge in [0.25, 0.3) is 0 Å². The lowest BCUT2D eigenvalue weighted by Crippen LogP contribution is -2.48. The van der Waals surface area contributed by atoms with E-state index in [1.807, 2.05) is 30.3 Å². The Bertz CT molecular complexity index is 1520. The third-order valence-electron chi connectivity index (χ3n) is 6.70. The zero-order valence-corrected chi connectivity index (χ0v) is 21.5. The Morgan fingerprint density at radius 3 is 2.78 bits per heavy atom. The van der Waals surface area contributed by atoms with Gasteiger partial charge in [0.1, 0.15) is 11.4 Å². The lowest BCUT2D eigenvalue weighted by Gasteiger charge is -2.43. The van der Waals surface area contributed by atoms with Crippen LogP contribution in [-0.2, 0) is 11.3 Å². The molecule has 1 N–H and O–H groups in total. The van der Waals surface area contributed by atoms with Crippen LogP contribution in [0, 0.1) is 6.92 Å². The second-order valence-corrected chi connectivity index (χ2v) is 10.7. The van der Waals surface area contributed by atoms with Gasteiger partial charge in [-0.3, -0.25) is 4.79 Å². The Hall–Kier alpha value is -3.76. The normalized spacial score (nSPS) is 16.3. The zero-order chi connectivity index (χ0) is 25.6. The van der Waals surface area contributed by atoms with E-state index in [-0.39, 0.29) is 6.54 Å². The number of carboxylic acids is 1. The Labute approximate surface area is 222 Å². The van der Waals surface area contributed by atoms with Crippen LogP contribution < -0.4 is 9.64 Å². The van der Waals surface area contributed by atoms with Crippen molar-refractivity contribution in [3.63, 3.8) is 0 Å². The Morgan fingerprint density at radius 2 is 2.00 bits per heavy atom. The number of carboxylic acid groups (broad SMARTS) is 1. The average molecular weight is 535 g/mol. The van der Waals surface area contributed by atoms with Gasteiger partial charge in [0.15, 0.2) is 11.7 Å². The van der Waals surface area contributed by atoms with E-state index in [2.05, 4.69) is 50.4 Å². The van der Waals surface area contributed by atoms with Crippen molar-refractivity contribution >= 4 is 39.6 Å².